The molecule has 3 heterocycles. The zero-order valence-corrected chi connectivity index (χ0v) is 18.4. The molecule has 0 bridgehead atoms. The number of aromatic nitrogens is 2. The minimum absolute atomic E-state index is 0.0746. The number of pyridine rings is 2. The molecule has 1 N–H and O–H groups in total. The van der Waals surface area contributed by atoms with Crippen LogP contribution in [0.3, 0.4) is 0 Å². The van der Waals surface area contributed by atoms with Gasteiger partial charge < -0.3 is 10.2 Å². The minimum Gasteiger partial charge on any atom is -0.372 e. The Hall–Kier alpha value is -3.32. The van der Waals surface area contributed by atoms with Crippen LogP contribution in [0.4, 0.5) is 30.2 Å². The topological polar surface area (TPSA) is 72.9 Å². The predicted molar refractivity (Wildman–Crippen MR) is 121 cm³/mol. The maximum Gasteiger partial charge on any atom is 0.418 e. The number of alkyl halides is 3. The number of nitrogens with zero attached hydrogens (tertiary/aromatic N) is 4. The van der Waals surface area contributed by atoms with E-state index in [0.29, 0.717) is 43.0 Å². The normalized spacial score (nSPS) is 14.3. The van der Waals surface area contributed by atoms with Gasteiger partial charge in [-0.1, -0.05) is 11.6 Å². The molecule has 0 amide bonds. The van der Waals surface area contributed by atoms with E-state index in [-0.39, 0.29) is 34.5 Å². The van der Waals surface area contributed by atoms with Crippen molar-refractivity contribution in [3.8, 4) is 5.97 Å². The van der Waals surface area contributed by atoms with Crippen molar-refractivity contribution in [1.82, 2.24) is 4.98 Å². The van der Waals surface area contributed by atoms with Gasteiger partial charge in [-0.05, 0) is 36.9 Å². The maximum atomic E-state index is 14.0. The molecule has 0 spiro atoms. The SMILES string of the molecule is C[n+]1cc(C=O)c(Nc2ccc(N3CCB(C#N)CC3)c(C(F)(F)F)c2)c2nc(Cl)ccc21. The number of benzene rings is 1. The van der Waals surface area contributed by atoms with E-state index in [1.165, 1.54) is 6.07 Å². The molecule has 4 rings (SSSR count). The second-order valence-corrected chi connectivity index (χ2v) is 8.32. The zero-order chi connectivity index (χ0) is 23.8. The van der Waals surface area contributed by atoms with Gasteiger partial charge in [0.25, 0.3) is 6.71 Å². The number of hydrogen-bond acceptors (Lipinski definition) is 5. The zero-order valence-electron chi connectivity index (χ0n) is 17.7. The number of carbonyl (C=O) groups excluding carboxylic acids is 1. The molecule has 1 aliphatic rings. The lowest BCUT2D eigenvalue weighted by Gasteiger charge is -2.32. The summed E-state index contributed by atoms with van der Waals surface area (Å²) in [7, 11) is 1.74. The fourth-order valence-electron chi connectivity index (χ4n) is 4.11. The maximum absolute atomic E-state index is 14.0. The predicted octanol–water partition coefficient (Wildman–Crippen LogP) is 4.67. The molecule has 1 fully saturated rings. The number of aryl methyl sites for hydroxylation is 1. The van der Waals surface area contributed by atoms with E-state index in [4.69, 9.17) is 16.9 Å². The Morgan fingerprint density at radius 1 is 1.27 bits per heavy atom. The van der Waals surface area contributed by atoms with Crippen molar-refractivity contribution >= 4 is 52.7 Å². The third-order valence-electron chi connectivity index (χ3n) is 5.79. The van der Waals surface area contributed by atoms with E-state index in [1.807, 2.05) is 0 Å². The number of fused-ring (bicyclic) bond motifs is 1. The van der Waals surface area contributed by atoms with Gasteiger partial charge in [-0.2, -0.15) is 17.7 Å². The lowest BCUT2D eigenvalue weighted by atomic mass is 9.45. The number of hydrogen-bond donors (Lipinski definition) is 1. The molecule has 168 valence electrons. The lowest BCUT2D eigenvalue weighted by molar-refractivity contribution is -0.644. The molecule has 1 saturated heterocycles. The second kappa shape index (κ2) is 8.91. The lowest BCUT2D eigenvalue weighted by Crippen LogP contribution is -2.37. The molecule has 0 atom stereocenters. The van der Waals surface area contributed by atoms with E-state index in [1.54, 1.807) is 40.9 Å². The van der Waals surface area contributed by atoms with E-state index in [0.717, 1.165) is 6.07 Å². The van der Waals surface area contributed by atoms with Crippen LogP contribution in [-0.4, -0.2) is 31.1 Å². The van der Waals surface area contributed by atoms with Crippen LogP contribution >= 0.6 is 11.6 Å². The average molecular weight is 473 g/mol. The first-order valence-electron chi connectivity index (χ1n) is 10.3. The molecular formula is C22H19BClF3N5O+. The highest BCUT2D eigenvalue weighted by Crippen LogP contribution is 2.40. The number of aldehydes is 1. The van der Waals surface area contributed by atoms with Gasteiger partial charge in [-0.3, -0.25) is 4.79 Å². The summed E-state index contributed by atoms with van der Waals surface area (Å²) in [5.74, 6) is 2.19. The average Bonchev–Trinajstić information content (AvgIpc) is 2.80. The van der Waals surface area contributed by atoms with Crippen LogP contribution in [0.5, 0.6) is 0 Å². The van der Waals surface area contributed by atoms with Crippen molar-refractivity contribution in [3.05, 3.63) is 52.8 Å². The summed E-state index contributed by atoms with van der Waals surface area (Å²) >= 11 is 6.04. The first-order valence-corrected chi connectivity index (χ1v) is 10.7. The highest BCUT2D eigenvalue weighted by molar-refractivity contribution is 6.67. The van der Waals surface area contributed by atoms with Crippen LogP contribution in [0, 0.1) is 11.2 Å². The highest BCUT2D eigenvalue weighted by atomic mass is 35.5. The monoisotopic (exact) mass is 472 g/mol. The van der Waals surface area contributed by atoms with Gasteiger partial charge in [-0.25, -0.2) is 10.2 Å². The molecule has 0 saturated carbocycles. The molecular weight excluding hydrogens is 454 g/mol. The summed E-state index contributed by atoms with van der Waals surface area (Å²) in [6.45, 7) is 0.627. The fourth-order valence-corrected chi connectivity index (χ4v) is 4.25. The van der Waals surface area contributed by atoms with Gasteiger partial charge in [0, 0.05) is 36.5 Å². The Bertz CT molecular complexity index is 1270. The van der Waals surface area contributed by atoms with Crippen molar-refractivity contribution in [3.63, 3.8) is 0 Å². The van der Waals surface area contributed by atoms with Crippen LogP contribution in [0.15, 0.2) is 36.5 Å². The Kier molecular flexibility index (Phi) is 6.17. The smallest absolute Gasteiger partial charge is 0.372 e. The largest absolute Gasteiger partial charge is 0.418 e. The van der Waals surface area contributed by atoms with Crippen LogP contribution in [0.1, 0.15) is 15.9 Å². The van der Waals surface area contributed by atoms with Crippen molar-refractivity contribution in [2.24, 2.45) is 7.05 Å². The quantitative estimate of drug-likeness (QED) is 0.259. The molecule has 0 aliphatic carbocycles. The molecule has 6 nitrogen and oxygen atoms in total. The Morgan fingerprint density at radius 3 is 2.64 bits per heavy atom. The van der Waals surface area contributed by atoms with Crippen molar-refractivity contribution in [1.29, 1.82) is 5.26 Å². The van der Waals surface area contributed by atoms with Gasteiger partial charge >= 0.3 is 6.18 Å². The Labute approximate surface area is 193 Å². The van der Waals surface area contributed by atoms with E-state index < -0.39 is 11.7 Å². The first-order chi connectivity index (χ1) is 15.7. The Balaban J connectivity index is 1.77. The summed E-state index contributed by atoms with van der Waals surface area (Å²) < 4.78 is 43.6. The molecule has 2 aromatic heterocycles. The number of nitriles is 1. The van der Waals surface area contributed by atoms with Crippen molar-refractivity contribution in [2.45, 2.75) is 18.8 Å². The number of halogens is 4. The third-order valence-corrected chi connectivity index (χ3v) is 6.01. The van der Waals surface area contributed by atoms with Gasteiger partial charge in [0.05, 0.1) is 11.3 Å². The van der Waals surface area contributed by atoms with Crippen LogP contribution in [-0.2, 0) is 13.2 Å². The fraction of sp³-hybridized carbons (Fsp3) is 0.273. The standard InChI is InChI=1S/C22H18BClF3N5O/c1-31-11-14(12-33)20(21-18(31)4-5-19(24)30-21)29-15-2-3-17(16(10-15)22(25,26)27)32-8-6-23(13-28)7-9-32/h2-5,10-12H,6-9H2,1H3/p+1. The Morgan fingerprint density at radius 2 is 2.00 bits per heavy atom. The number of rotatable bonds is 4. The van der Waals surface area contributed by atoms with Crippen molar-refractivity contribution < 1.29 is 22.5 Å². The molecule has 33 heavy (non-hydrogen) atoms. The van der Waals surface area contributed by atoms with E-state index in [9.17, 15) is 18.0 Å². The first kappa shape index (κ1) is 22.9. The number of anilines is 3. The van der Waals surface area contributed by atoms with Crippen LogP contribution < -0.4 is 14.8 Å². The molecule has 3 aromatic rings. The highest BCUT2D eigenvalue weighted by Gasteiger charge is 2.36. The van der Waals surface area contributed by atoms with E-state index in [2.05, 4.69) is 16.3 Å². The minimum atomic E-state index is -4.58. The number of nitrogens with one attached hydrogen (secondary N) is 1. The second-order valence-electron chi connectivity index (χ2n) is 7.94. The van der Waals surface area contributed by atoms with Crippen molar-refractivity contribution in [2.75, 3.05) is 23.3 Å². The third kappa shape index (κ3) is 4.59. The van der Waals surface area contributed by atoms with Gasteiger partial charge in [0.2, 0.25) is 5.52 Å². The molecule has 1 aromatic carbocycles. The van der Waals surface area contributed by atoms with E-state index >= 15 is 0 Å². The molecule has 0 unspecified atom stereocenters. The summed E-state index contributed by atoms with van der Waals surface area (Å²) in [5, 5.41) is 12.2. The molecule has 1 aliphatic heterocycles. The summed E-state index contributed by atoms with van der Waals surface area (Å²) in [4.78, 5) is 17.7. The van der Waals surface area contributed by atoms with Gasteiger partial charge in [0.1, 0.15) is 17.8 Å². The summed E-state index contributed by atoms with van der Waals surface area (Å²) in [6, 6.07) is 7.31. The summed E-state index contributed by atoms with van der Waals surface area (Å²) in [6.07, 6.45) is -1.35. The van der Waals surface area contributed by atoms with Crippen LogP contribution in [0.2, 0.25) is 17.8 Å². The summed E-state index contributed by atoms with van der Waals surface area (Å²) in [5.41, 5.74) is 0.981. The van der Waals surface area contributed by atoms with Crippen LogP contribution in [0.25, 0.3) is 11.0 Å². The molecule has 11 heteroatoms. The number of carbonyl (C=O) groups is 1. The van der Waals surface area contributed by atoms with Gasteiger partial charge in [-0.15, -0.1) is 0 Å². The van der Waals surface area contributed by atoms with Gasteiger partial charge in [0.15, 0.2) is 18.0 Å². The molecule has 0 radical (unpaired) electrons.